The van der Waals surface area contributed by atoms with Crippen molar-refractivity contribution in [1.29, 1.82) is 0 Å². The number of hydrogen-bond donors (Lipinski definition) is 4. The molecule has 1 aliphatic rings. The number of anilines is 4. The van der Waals surface area contributed by atoms with E-state index < -0.39 is 0 Å². The summed E-state index contributed by atoms with van der Waals surface area (Å²) in [5, 5.41) is 12.8. The summed E-state index contributed by atoms with van der Waals surface area (Å²) in [4.78, 5) is 20.9. The largest absolute Gasteiger partial charge is 0.355 e. The van der Waals surface area contributed by atoms with Gasteiger partial charge in [0.15, 0.2) is 5.82 Å². The lowest BCUT2D eigenvalue weighted by Gasteiger charge is -2.13. The lowest BCUT2D eigenvalue weighted by molar-refractivity contribution is 0.0964. The van der Waals surface area contributed by atoms with Crippen LogP contribution in [0, 0.1) is 0 Å². The third kappa shape index (κ3) is 4.53. The smallest absolute Gasteiger partial charge is 0.253 e. The van der Waals surface area contributed by atoms with Crippen molar-refractivity contribution < 1.29 is 4.79 Å². The summed E-state index contributed by atoms with van der Waals surface area (Å²) in [7, 11) is 1.59. The van der Waals surface area contributed by atoms with E-state index in [4.69, 9.17) is 11.6 Å². The highest BCUT2D eigenvalue weighted by Crippen LogP contribution is 2.27. The second-order valence-corrected chi connectivity index (χ2v) is 7.41. The van der Waals surface area contributed by atoms with E-state index in [-0.39, 0.29) is 5.91 Å². The molecule has 1 aromatic heterocycles. The number of hydrogen-bond acceptors (Lipinski definition) is 6. The van der Waals surface area contributed by atoms with Gasteiger partial charge in [0, 0.05) is 12.7 Å². The minimum Gasteiger partial charge on any atom is -0.355 e. The third-order valence-electron chi connectivity index (χ3n) is 5.00. The first-order valence-corrected chi connectivity index (χ1v) is 10.2. The monoisotopic (exact) mass is 422 g/mol. The fourth-order valence-electron chi connectivity index (χ4n) is 3.45. The van der Waals surface area contributed by atoms with Crippen molar-refractivity contribution >= 4 is 40.6 Å². The van der Waals surface area contributed by atoms with Crippen molar-refractivity contribution in [2.24, 2.45) is 0 Å². The lowest BCUT2D eigenvalue weighted by atomic mass is 10.0. The molecule has 2 heterocycles. The maximum atomic E-state index is 12.1. The fraction of sp³-hybridized carbons (Fsp3) is 0.227. The topological polar surface area (TPSA) is 91.0 Å². The Balaban J connectivity index is 1.57. The highest BCUT2D eigenvalue weighted by Gasteiger charge is 2.13. The minimum atomic E-state index is -0.193. The van der Waals surface area contributed by atoms with Crippen LogP contribution in [0.4, 0.5) is 23.1 Å². The highest BCUT2D eigenvalue weighted by molar-refractivity contribution is 6.33. The Hall–Kier alpha value is -3.16. The van der Waals surface area contributed by atoms with Crippen molar-refractivity contribution in [3.05, 3.63) is 70.4 Å². The number of para-hydroxylation sites is 1. The number of nitrogens with zero attached hydrogens (tertiary/aromatic N) is 2. The Morgan fingerprint density at radius 2 is 1.87 bits per heavy atom. The zero-order valence-electron chi connectivity index (χ0n) is 16.6. The number of amides is 1. The molecule has 0 aliphatic carbocycles. The molecule has 0 bridgehead atoms. The van der Waals surface area contributed by atoms with E-state index in [1.54, 1.807) is 25.2 Å². The lowest BCUT2D eigenvalue weighted by Crippen LogP contribution is -2.19. The summed E-state index contributed by atoms with van der Waals surface area (Å²) in [5.74, 6) is 0.650. The van der Waals surface area contributed by atoms with Gasteiger partial charge in [0.25, 0.3) is 5.91 Å². The Kier molecular flexibility index (Phi) is 6.11. The maximum absolute atomic E-state index is 12.1. The Bertz CT molecular complexity index is 1070. The molecule has 2 aromatic carbocycles. The summed E-state index contributed by atoms with van der Waals surface area (Å²) in [6.45, 7) is 1.99. The van der Waals surface area contributed by atoms with Gasteiger partial charge in [-0.25, -0.2) is 4.98 Å². The molecule has 7 nitrogen and oxygen atoms in total. The summed E-state index contributed by atoms with van der Waals surface area (Å²) < 4.78 is 0. The van der Waals surface area contributed by atoms with Crippen molar-refractivity contribution in [3.8, 4) is 0 Å². The predicted molar refractivity (Wildman–Crippen MR) is 120 cm³/mol. The van der Waals surface area contributed by atoms with Crippen LogP contribution in [0.25, 0.3) is 0 Å². The summed E-state index contributed by atoms with van der Waals surface area (Å²) in [5.41, 5.74) is 4.74. The van der Waals surface area contributed by atoms with Gasteiger partial charge in [-0.2, -0.15) is 4.98 Å². The van der Waals surface area contributed by atoms with Gasteiger partial charge in [0.05, 0.1) is 17.4 Å². The molecule has 1 aliphatic heterocycles. The van der Waals surface area contributed by atoms with Crippen LogP contribution in [0.15, 0.2) is 48.7 Å². The van der Waals surface area contributed by atoms with Gasteiger partial charge in [0.2, 0.25) is 5.95 Å². The summed E-state index contributed by atoms with van der Waals surface area (Å²) >= 11 is 6.31. The van der Waals surface area contributed by atoms with E-state index in [0.717, 1.165) is 31.6 Å². The Morgan fingerprint density at radius 3 is 2.70 bits per heavy atom. The molecule has 4 rings (SSSR count). The van der Waals surface area contributed by atoms with Crippen LogP contribution in [-0.2, 0) is 12.8 Å². The van der Waals surface area contributed by atoms with Crippen LogP contribution in [0.5, 0.6) is 0 Å². The quantitative estimate of drug-likeness (QED) is 0.501. The zero-order valence-corrected chi connectivity index (χ0v) is 17.4. The van der Waals surface area contributed by atoms with Crippen LogP contribution in [-0.4, -0.2) is 36.0 Å². The fourth-order valence-corrected chi connectivity index (χ4v) is 3.59. The molecule has 0 fully saturated rings. The minimum absolute atomic E-state index is 0.193. The van der Waals surface area contributed by atoms with Gasteiger partial charge >= 0.3 is 0 Å². The number of halogens is 1. The van der Waals surface area contributed by atoms with Gasteiger partial charge in [-0.05, 0) is 61.3 Å². The number of carbonyl (C=O) groups is 1. The average molecular weight is 423 g/mol. The van der Waals surface area contributed by atoms with E-state index in [9.17, 15) is 4.79 Å². The summed E-state index contributed by atoms with van der Waals surface area (Å²) in [6.07, 6.45) is 3.57. The van der Waals surface area contributed by atoms with Gasteiger partial charge in [-0.1, -0.05) is 29.8 Å². The molecule has 0 radical (unpaired) electrons. The second-order valence-electron chi connectivity index (χ2n) is 7.00. The second kappa shape index (κ2) is 9.11. The van der Waals surface area contributed by atoms with E-state index in [1.807, 2.05) is 12.1 Å². The Morgan fingerprint density at radius 1 is 1.07 bits per heavy atom. The Labute approximate surface area is 180 Å². The molecule has 8 heteroatoms. The number of rotatable bonds is 5. The molecule has 154 valence electrons. The van der Waals surface area contributed by atoms with Gasteiger partial charge < -0.3 is 21.3 Å². The molecular formula is C22H23ClN6O. The number of aromatic nitrogens is 2. The van der Waals surface area contributed by atoms with E-state index in [2.05, 4.69) is 43.4 Å². The van der Waals surface area contributed by atoms with Crippen LogP contribution in [0.2, 0.25) is 5.02 Å². The highest BCUT2D eigenvalue weighted by atomic mass is 35.5. The maximum Gasteiger partial charge on any atom is 0.253 e. The molecule has 1 amide bonds. The van der Waals surface area contributed by atoms with E-state index in [0.29, 0.717) is 28.0 Å². The van der Waals surface area contributed by atoms with Crippen molar-refractivity contribution in [1.82, 2.24) is 20.6 Å². The van der Waals surface area contributed by atoms with Gasteiger partial charge in [0.1, 0.15) is 5.02 Å². The molecule has 30 heavy (non-hydrogen) atoms. The third-order valence-corrected chi connectivity index (χ3v) is 5.28. The zero-order chi connectivity index (χ0) is 20.9. The van der Waals surface area contributed by atoms with Crippen LogP contribution in [0.1, 0.15) is 21.5 Å². The number of benzene rings is 2. The molecular weight excluding hydrogens is 400 g/mol. The molecule has 0 saturated carbocycles. The molecule has 4 N–H and O–H groups in total. The first-order chi connectivity index (χ1) is 14.6. The molecule has 0 spiro atoms. The first-order valence-electron chi connectivity index (χ1n) is 9.84. The number of nitrogens with one attached hydrogen (secondary N) is 4. The first kappa shape index (κ1) is 20.1. The SMILES string of the molecule is CNC(=O)c1ccccc1Nc1nc(Nc2ccc3c(c2)CCNCC3)ncc1Cl. The predicted octanol–water partition coefficient (Wildman–Crippen LogP) is 3.67. The summed E-state index contributed by atoms with van der Waals surface area (Å²) in [6, 6.07) is 13.5. The van der Waals surface area contributed by atoms with E-state index in [1.165, 1.54) is 17.3 Å². The van der Waals surface area contributed by atoms with Gasteiger partial charge in [-0.3, -0.25) is 4.79 Å². The molecule has 0 unspecified atom stereocenters. The average Bonchev–Trinajstić information content (AvgIpc) is 3.01. The van der Waals surface area contributed by atoms with Gasteiger partial charge in [-0.15, -0.1) is 0 Å². The molecule has 3 aromatic rings. The van der Waals surface area contributed by atoms with Crippen LogP contribution >= 0.6 is 11.6 Å². The number of carbonyl (C=O) groups excluding carboxylic acids is 1. The molecule has 0 atom stereocenters. The van der Waals surface area contributed by atoms with Crippen molar-refractivity contribution in [2.75, 3.05) is 30.8 Å². The molecule has 0 saturated heterocycles. The van der Waals surface area contributed by atoms with E-state index >= 15 is 0 Å². The van der Waals surface area contributed by atoms with Crippen LogP contribution < -0.4 is 21.3 Å². The van der Waals surface area contributed by atoms with Crippen molar-refractivity contribution in [3.63, 3.8) is 0 Å². The van der Waals surface area contributed by atoms with Crippen molar-refractivity contribution in [2.45, 2.75) is 12.8 Å². The van der Waals surface area contributed by atoms with Crippen LogP contribution in [0.3, 0.4) is 0 Å². The standard InChI is InChI=1S/C22H23ClN6O/c1-24-21(30)17-4-2-3-5-19(17)28-20-18(23)13-26-22(29-20)27-16-7-6-14-8-10-25-11-9-15(14)12-16/h2-7,12-13,25H,8-11H2,1H3,(H,24,30)(H2,26,27,28,29). The normalized spacial score (nSPS) is 13.1. The number of fused-ring (bicyclic) bond motifs is 1.